The highest BCUT2D eigenvalue weighted by atomic mass is 16.5. The Morgan fingerprint density at radius 1 is 1.11 bits per heavy atom. The normalized spacial score (nSPS) is 14.2. The molecule has 1 aromatic carbocycles. The average Bonchev–Trinajstić information content (AvgIpc) is 3.07. The van der Waals surface area contributed by atoms with E-state index in [-0.39, 0.29) is 34.7 Å². The number of fused-ring (bicyclic) bond motifs is 1. The number of esters is 1. The van der Waals surface area contributed by atoms with Crippen LogP contribution in [0.2, 0.25) is 0 Å². The van der Waals surface area contributed by atoms with Crippen LogP contribution in [0.25, 0.3) is 6.08 Å². The summed E-state index contributed by atoms with van der Waals surface area (Å²) >= 11 is 0. The lowest BCUT2D eigenvalue weighted by Gasteiger charge is -2.28. The van der Waals surface area contributed by atoms with E-state index in [2.05, 4.69) is 4.98 Å². The number of phenols is 1. The van der Waals surface area contributed by atoms with E-state index in [1.807, 2.05) is 47.6 Å². The van der Waals surface area contributed by atoms with E-state index >= 15 is 0 Å². The monoisotopic (exact) mass is 491 g/mol. The Bertz CT molecular complexity index is 1210. The molecule has 0 spiro atoms. The van der Waals surface area contributed by atoms with Crippen molar-refractivity contribution in [2.75, 3.05) is 13.2 Å². The maximum Gasteiger partial charge on any atom is 0.333 e. The van der Waals surface area contributed by atoms with Gasteiger partial charge in [0.2, 0.25) is 0 Å². The third-order valence-electron chi connectivity index (χ3n) is 6.25. The molecule has 0 bridgehead atoms. The van der Waals surface area contributed by atoms with E-state index in [9.17, 15) is 14.7 Å². The fourth-order valence-electron chi connectivity index (χ4n) is 4.21. The lowest BCUT2D eigenvalue weighted by atomic mass is 9.78. The molecule has 0 atom stereocenters. The van der Waals surface area contributed by atoms with E-state index in [4.69, 9.17) is 10.1 Å². The van der Waals surface area contributed by atoms with Crippen LogP contribution in [-0.4, -0.2) is 45.7 Å². The van der Waals surface area contributed by atoms with Gasteiger partial charge in [-0.2, -0.15) is 0 Å². The molecule has 2 heterocycles. The van der Waals surface area contributed by atoms with E-state index in [1.54, 1.807) is 43.0 Å². The van der Waals surface area contributed by atoms with Crippen molar-refractivity contribution in [3.8, 4) is 5.75 Å². The van der Waals surface area contributed by atoms with Crippen LogP contribution in [0, 0.1) is 5.41 Å². The maximum atomic E-state index is 13.4. The van der Waals surface area contributed by atoms with E-state index in [0.29, 0.717) is 35.7 Å². The first-order valence-electron chi connectivity index (χ1n) is 12.2. The van der Waals surface area contributed by atoms with Gasteiger partial charge in [0.05, 0.1) is 18.8 Å². The van der Waals surface area contributed by atoms with Crippen LogP contribution in [0.4, 0.5) is 0 Å². The molecular weight excluding hydrogens is 454 g/mol. The third kappa shape index (κ3) is 5.66. The van der Waals surface area contributed by atoms with Crippen LogP contribution in [0.1, 0.15) is 93.8 Å². The minimum atomic E-state index is -0.403. The predicted octanol–water partition coefficient (Wildman–Crippen LogP) is 5.37. The first-order valence-corrected chi connectivity index (χ1v) is 12.2. The number of phenolic OH excluding ortho intramolecular Hbond substituents is 1. The van der Waals surface area contributed by atoms with Gasteiger partial charge >= 0.3 is 5.97 Å². The number of aromatic nitrogens is 1. The van der Waals surface area contributed by atoms with Crippen molar-refractivity contribution < 1.29 is 19.4 Å². The number of carbonyl (C=O) groups is 2. The number of aromatic hydroxyl groups is 1. The SMILES string of the molecule is CCOC(=O)/C(C)=C/c1ccc2c(n1)C(=N)N(CC(=O)c1cc(C(C)(C)C)c(O)c(C(C)(C)C)c1)C2. The molecule has 0 radical (unpaired) electrons. The summed E-state index contributed by atoms with van der Waals surface area (Å²) in [7, 11) is 0. The number of rotatable bonds is 6. The summed E-state index contributed by atoms with van der Waals surface area (Å²) < 4.78 is 5.02. The molecule has 7 heteroatoms. The Morgan fingerprint density at radius 3 is 2.22 bits per heavy atom. The molecule has 2 aromatic rings. The number of nitrogens with zero attached hydrogens (tertiary/aromatic N) is 2. The van der Waals surface area contributed by atoms with Gasteiger partial charge in [0.25, 0.3) is 0 Å². The second kappa shape index (κ2) is 9.88. The molecular formula is C29H37N3O4. The number of hydrogen-bond donors (Lipinski definition) is 2. The zero-order valence-electron chi connectivity index (χ0n) is 22.6. The highest BCUT2D eigenvalue weighted by molar-refractivity contribution is 6.04. The van der Waals surface area contributed by atoms with Gasteiger partial charge < -0.3 is 14.7 Å². The van der Waals surface area contributed by atoms with Crippen molar-refractivity contribution in [1.29, 1.82) is 5.41 Å². The zero-order chi connectivity index (χ0) is 27.0. The molecule has 1 aliphatic heterocycles. The van der Waals surface area contributed by atoms with Crippen LogP contribution >= 0.6 is 0 Å². The predicted molar refractivity (Wildman–Crippen MR) is 142 cm³/mol. The number of benzene rings is 1. The summed E-state index contributed by atoms with van der Waals surface area (Å²) in [6.07, 6.45) is 1.64. The molecule has 3 rings (SSSR count). The van der Waals surface area contributed by atoms with Crippen molar-refractivity contribution in [3.63, 3.8) is 0 Å². The number of ketones is 1. The van der Waals surface area contributed by atoms with E-state index in [0.717, 1.165) is 16.7 Å². The fourth-order valence-corrected chi connectivity index (χ4v) is 4.21. The van der Waals surface area contributed by atoms with Crippen LogP contribution in [0.15, 0.2) is 29.8 Å². The standard InChI is InChI=1S/C29H37N3O4/c1-9-36-27(35)17(2)12-20-11-10-18-15-32(26(30)24(18)31-20)16-23(33)19-13-21(28(3,4)5)25(34)22(14-19)29(6,7)8/h10-14,30,34H,9,15-16H2,1-8H3/b17-12+,30-26?. The molecule has 0 amide bonds. The Balaban J connectivity index is 1.87. The molecule has 0 fully saturated rings. The van der Waals surface area contributed by atoms with Crippen LogP contribution in [-0.2, 0) is 26.9 Å². The minimum absolute atomic E-state index is 0.0279. The molecule has 0 aliphatic carbocycles. The third-order valence-corrected chi connectivity index (χ3v) is 6.25. The molecule has 0 saturated heterocycles. The Labute approximate surface area is 213 Å². The smallest absolute Gasteiger partial charge is 0.333 e. The minimum Gasteiger partial charge on any atom is -0.507 e. The highest BCUT2D eigenvalue weighted by Crippen LogP contribution is 2.40. The Hall–Kier alpha value is -3.48. The van der Waals surface area contributed by atoms with Crippen molar-refractivity contribution in [2.45, 2.75) is 72.8 Å². The van der Waals surface area contributed by atoms with Gasteiger partial charge in [-0.15, -0.1) is 0 Å². The van der Waals surface area contributed by atoms with Crippen LogP contribution in [0.5, 0.6) is 5.75 Å². The summed E-state index contributed by atoms with van der Waals surface area (Å²) in [6, 6.07) is 7.23. The van der Waals surface area contributed by atoms with Crippen molar-refractivity contribution in [1.82, 2.24) is 9.88 Å². The molecule has 1 aromatic heterocycles. The first-order chi connectivity index (χ1) is 16.6. The molecule has 0 saturated carbocycles. The second-order valence-electron chi connectivity index (χ2n) is 11.3. The highest BCUT2D eigenvalue weighted by Gasteiger charge is 2.31. The fraction of sp³-hybridized carbons (Fsp3) is 0.448. The Kier molecular flexibility index (Phi) is 7.44. The van der Waals surface area contributed by atoms with Crippen molar-refractivity contribution in [3.05, 3.63) is 63.5 Å². The average molecular weight is 492 g/mol. The molecule has 36 heavy (non-hydrogen) atoms. The van der Waals surface area contributed by atoms with Gasteiger partial charge in [0.1, 0.15) is 17.3 Å². The lowest BCUT2D eigenvalue weighted by Crippen LogP contribution is -2.31. The zero-order valence-corrected chi connectivity index (χ0v) is 22.6. The largest absolute Gasteiger partial charge is 0.507 e. The van der Waals surface area contributed by atoms with Crippen molar-refractivity contribution >= 4 is 23.7 Å². The maximum absolute atomic E-state index is 13.4. The summed E-state index contributed by atoms with van der Waals surface area (Å²) in [6.45, 7) is 16.2. The first kappa shape index (κ1) is 27.1. The molecule has 0 unspecified atom stereocenters. The van der Waals surface area contributed by atoms with Gasteiger partial charge in [0, 0.05) is 34.4 Å². The molecule has 2 N–H and O–H groups in total. The number of pyridine rings is 1. The second-order valence-corrected chi connectivity index (χ2v) is 11.3. The van der Waals surface area contributed by atoms with Crippen molar-refractivity contribution in [2.24, 2.45) is 0 Å². The molecule has 192 valence electrons. The van der Waals surface area contributed by atoms with Gasteiger partial charge in [0.15, 0.2) is 5.78 Å². The van der Waals surface area contributed by atoms with Crippen LogP contribution < -0.4 is 0 Å². The summed E-state index contributed by atoms with van der Waals surface area (Å²) in [4.78, 5) is 31.6. The lowest BCUT2D eigenvalue weighted by molar-refractivity contribution is -0.138. The van der Waals surface area contributed by atoms with E-state index in [1.165, 1.54) is 0 Å². The number of carbonyl (C=O) groups excluding carboxylic acids is 2. The topological polar surface area (TPSA) is 104 Å². The number of hydrogen-bond acceptors (Lipinski definition) is 6. The van der Waals surface area contributed by atoms with Gasteiger partial charge in [-0.3, -0.25) is 10.2 Å². The van der Waals surface area contributed by atoms with Gasteiger partial charge in [-0.05, 0) is 49.0 Å². The number of amidine groups is 1. The summed E-state index contributed by atoms with van der Waals surface area (Å²) in [5.41, 5.74) is 3.64. The summed E-state index contributed by atoms with van der Waals surface area (Å²) in [5, 5.41) is 19.6. The van der Waals surface area contributed by atoms with Crippen LogP contribution in [0.3, 0.4) is 0 Å². The molecule has 7 nitrogen and oxygen atoms in total. The number of ether oxygens (including phenoxy) is 1. The van der Waals surface area contributed by atoms with E-state index < -0.39 is 5.97 Å². The number of nitrogens with one attached hydrogen (secondary N) is 1. The quantitative estimate of drug-likeness (QED) is 0.320. The number of Topliss-reactive ketones (excluding diaryl/α,β-unsaturated/α-hetero) is 1. The Morgan fingerprint density at radius 2 is 1.69 bits per heavy atom. The molecule has 1 aliphatic rings. The van der Waals surface area contributed by atoms with Gasteiger partial charge in [-0.25, -0.2) is 9.78 Å². The summed E-state index contributed by atoms with van der Waals surface area (Å²) in [5.74, 6) is -0.119. The van der Waals surface area contributed by atoms with Gasteiger partial charge in [-0.1, -0.05) is 47.6 Å².